The van der Waals surface area contributed by atoms with Crippen molar-refractivity contribution in [1.82, 2.24) is 9.62 Å². The minimum Gasteiger partial charge on any atom is -0.496 e. The van der Waals surface area contributed by atoms with Gasteiger partial charge in [-0.05, 0) is 41.1 Å². The molecule has 114 valence electrons. The monoisotopic (exact) mass is 384 g/mol. The minimum atomic E-state index is -3.43. The van der Waals surface area contributed by atoms with Crippen LogP contribution in [0.15, 0.2) is 27.6 Å². The number of nitrogens with one attached hydrogen (secondary N) is 1. The van der Waals surface area contributed by atoms with Crippen LogP contribution in [0.1, 0.15) is 6.92 Å². The molecule has 1 aromatic rings. The topological polar surface area (TPSA) is 58.6 Å². The second-order valence-corrected chi connectivity index (χ2v) is 7.31. The van der Waals surface area contributed by atoms with Crippen LogP contribution in [0.5, 0.6) is 5.75 Å². The van der Waals surface area contributed by atoms with E-state index in [-0.39, 0.29) is 23.3 Å². The molecule has 1 atom stereocenters. The van der Waals surface area contributed by atoms with Gasteiger partial charge in [-0.2, -0.15) is 4.31 Å². The van der Waals surface area contributed by atoms with E-state index in [1.807, 2.05) is 6.92 Å². The first kappa shape index (κ1) is 17.7. The summed E-state index contributed by atoms with van der Waals surface area (Å²) < 4.78 is 32.3. The fourth-order valence-corrected chi connectivity index (χ4v) is 4.32. The van der Waals surface area contributed by atoms with E-state index in [1.165, 1.54) is 4.31 Å². The predicted molar refractivity (Wildman–Crippen MR) is 84.2 cm³/mol. The smallest absolute Gasteiger partial charge is 0.243 e. The summed E-state index contributed by atoms with van der Waals surface area (Å²) in [6.45, 7) is 3.64. The number of benzene rings is 1. The van der Waals surface area contributed by atoms with Crippen molar-refractivity contribution in [2.24, 2.45) is 0 Å². The first-order valence-electron chi connectivity index (χ1n) is 6.02. The van der Waals surface area contributed by atoms with Gasteiger partial charge in [-0.3, -0.25) is 0 Å². The first-order chi connectivity index (χ1) is 8.95. The van der Waals surface area contributed by atoms with Crippen LogP contribution in [0.3, 0.4) is 0 Å². The average molecular weight is 386 g/mol. The van der Waals surface area contributed by atoms with E-state index in [0.717, 1.165) is 0 Å². The van der Waals surface area contributed by atoms with E-state index in [4.69, 9.17) is 4.74 Å². The number of rotatable bonds is 3. The van der Waals surface area contributed by atoms with Gasteiger partial charge in [0.25, 0.3) is 0 Å². The zero-order chi connectivity index (χ0) is 14.0. The van der Waals surface area contributed by atoms with Gasteiger partial charge in [0.15, 0.2) is 0 Å². The summed E-state index contributed by atoms with van der Waals surface area (Å²) in [6.07, 6.45) is 0. The highest BCUT2D eigenvalue weighted by atomic mass is 79.9. The normalized spacial score (nSPS) is 20.2. The summed E-state index contributed by atoms with van der Waals surface area (Å²) in [5.41, 5.74) is 0. The SMILES string of the molecule is COc1ccc(S(=O)(=O)N2CCN[C@@H](C)C2)cc1Br.Cl. The summed E-state index contributed by atoms with van der Waals surface area (Å²) in [4.78, 5) is 0.286. The number of piperazine rings is 1. The maximum atomic E-state index is 12.5. The van der Waals surface area contributed by atoms with Crippen LogP contribution in [0, 0.1) is 0 Å². The summed E-state index contributed by atoms with van der Waals surface area (Å²) in [5, 5.41) is 3.23. The zero-order valence-electron chi connectivity index (χ0n) is 11.3. The van der Waals surface area contributed by atoms with Crippen LogP contribution >= 0.6 is 28.3 Å². The van der Waals surface area contributed by atoms with Gasteiger partial charge >= 0.3 is 0 Å². The van der Waals surface area contributed by atoms with Crippen molar-refractivity contribution in [3.05, 3.63) is 22.7 Å². The maximum Gasteiger partial charge on any atom is 0.243 e. The number of hydrogen-bond acceptors (Lipinski definition) is 4. The molecule has 2 rings (SSSR count). The Kier molecular flexibility index (Phi) is 6.27. The van der Waals surface area contributed by atoms with Gasteiger partial charge in [0.2, 0.25) is 10.0 Å². The van der Waals surface area contributed by atoms with Crippen LogP contribution in [0.25, 0.3) is 0 Å². The number of nitrogens with zero attached hydrogens (tertiary/aromatic N) is 1. The Morgan fingerprint density at radius 3 is 2.70 bits per heavy atom. The van der Waals surface area contributed by atoms with Gasteiger partial charge in [0.05, 0.1) is 16.5 Å². The molecule has 1 aliphatic heterocycles. The molecule has 1 aromatic carbocycles. The predicted octanol–water partition coefficient (Wildman–Crippen LogP) is 1.86. The van der Waals surface area contributed by atoms with E-state index in [1.54, 1.807) is 25.3 Å². The van der Waals surface area contributed by atoms with E-state index in [2.05, 4.69) is 21.2 Å². The van der Waals surface area contributed by atoms with E-state index < -0.39 is 10.0 Å². The van der Waals surface area contributed by atoms with Crippen LogP contribution < -0.4 is 10.1 Å². The number of ether oxygens (including phenoxy) is 1. The molecule has 0 spiro atoms. The molecule has 0 unspecified atom stereocenters. The standard InChI is InChI=1S/C12H17BrN2O3S.ClH/c1-9-8-15(6-5-14-9)19(16,17)10-3-4-12(18-2)11(13)7-10;/h3-4,7,9,14H,5-6,8H2,1-2H3;1H/t9-;/m0./s1. The highest BCUT2D eigenvalue weighted by molar-refractivity contribution is 9.10. The summed E-state index contributed by atoms with van der Waals surface area (Å²) in [5.74, 6) is 0.618. The second-order valence-electron chi connectivity index (χ2n) is 4.51. The fraction of sp³-hybridized carbons (Fsp3) is 0.500. The Balaban J connectivity index is 0.00000200. The van der Waals surface area contributed by atoms with Crippen LogP contribution in [-0.2, 0) is 10.0 Å². The molecule has 0 saturated carbocycles. The largest absolute Gasteiger partial charge is 0.496 e. The molecule has 1 fully saturated rings. The average Bonchev–Trinajstić information content (AvgIpc) is 2.38. The maximum absolute atomic E-state index is 12.5. The molecule has 8 heteroatoms. The quantitative estimate of drug-likeness (QED) is 0.863. The van der Waals surface area contributed by atoms with Crippen molar-refractivity contribution in [2.45, 2.75) is 17.9 Å². The van der Waals surface area contributed by atoms with Crippen molar-refractivity contribution < 1.29 is 13.2 Å². The third-order valence-corrected chi connectivity index (χ3v) is 5.57. The third kappa shape index (κ3) is 3.65. The Bertz CT molecular complexity index is 568. The lowest BCUT2D eigenvalue weighted by molar-refractivity contribution is 0.310. The summed E-state index contributed by atoms with van der Waals surface area (Å²) in [6, 6.07) is 4.99. The third-order valence-electron chi connectivity index (χ3n) is 3.09. The molecule has 0 bridgehead atoms. The van der Waals surface area contributed by atoms with Gasteiger partial charge in [-0.15, -0.1) is 12.4 Å². The highest BCUT2D eigenvalue weighted by Gasteiger charge is 2.28. The fourth-order valence-electron chi connectivity index (χ4n) is 2.07. The molecular weight excluding hydrogens is 368 g/mol. The van der Waals surface area contributed by atoms with Crippen molar-refractivity contribution in [1.29, 1.82) is 0 Å². The molecular formula is C12H18BrClN2O3S. The molecule has 1 aliphatic rings. The van der Waals surface area contributed by atoms with Crippen molar-refractivity contribution in [2.75, 3.05) is 26.7 Å². The Hall–Kier alpha value is -0.340. The number of sulfonamides is 1. The molecule has 1 heterocycles. The van der Waals surface area contributed by atoms with Gasteiger partial charge in [-0.25, -0.2) is 8.42 Å². The molecule has 20 heavy (non-hydrogen) atoms. The van der Waals surface area contributed by atoms with Gasteiger partial charge in [0, 0.05) is 25.7 Å². The lowest BCUT2D eigenvalue weighted by Gasteiger charge is -2.31. The first-order valence-corrected chi connectivity index (χ1v) is 8.25. The number of hydrogen-bond donors (Lipinski definition) is 1. The Morgan fingerprint density at radius 2 is 2.15 bits per heavy atom. The molecule has 0 aliphatic carbocycles. The summed E-state index contributed by atoms with van der Waals surface area (Å²) in [7, 11) is -1.89. The minimum absolute atomic E-state index is 0. The molecule has 0 amide bonds. The molecule has 5 nitrogen and oxygen atoms in total. The van der Waals surface area contributed by atoms with Crippen molar-refractivity contribution in [3.63, 3.8) is 0 Å². The van der Waals surface area contributed by atoms with Crippen LogP contribution in [-0.4, -0.2) is 45.5 Å². The summed E-state index contributed by atoms with van der Waals surface area (Å²) >= 11 is 3.32. The second kappa shape index (κ2) is 7.09. The molecule has 0 radical (unpaired) electrons. The van der Waals surface area contributed by atoms with E-state index in [9.17, 15) is 8.42 Å². The van der Waals surface area contributed by atoms with E-state index >= 15 is 0 Å². The Labute approximate surface area is 134 Å². The molecule has 0 aromatic heterocycles. The van der Waals surface area contributed by atoms with Crippen LogP contribution in [0.4, 0.5) is 0 Å². The molecule has 1 saturated heterocycles. The lowest BCUT2D eigenvalue weighted by atomic mass is 10.3. The van der Waals surface area contributed by atoms with Gasteiger partial charge in [0.1, 0.15) is 5.75 Å². The van der Waals surface area contributed by atoms with Crippen LogP contribution in [0.2, 0.25) is 0 Å². The highest BCUT2D eigenvalue weighted by Crippen LogP contribution is 2.29. The van der Waals surface area contributed by atoms with E-state index in [0.29, 0.717) is 29.9 Å². The molecule has 1 N–H and O–H groups in total. The zero-order valence-corrected chi connectivity index (χ0v) is 14.5. The van der Waals surface area contributed by atoms with Gasteiger partial charge < -0.3 is 10.1 Å². The van der Waals surface area contributed by atoms with Crippen molar-refractivity contribution in [3.8, 4) is 5.75 Å². The lowest BCUT2D eigenvalue weighted by Crippen LogP contribution is -2.51. The number of methoxy groups -OCH3 is 1. The van der Waals surface area contributed by atoms with Crippen molar-refractivity contribution >= 4 is 38.4 Å². The van der Waals surface area contributed by atoms with Gasteiger partial charge in [-0.1, -0.05) is 0 Å². The Morgan fingerprint density at radius 1 is 1.45 bits per heavy atom. The number of halogens is 2.